The van der Waals surface area contributed by atoms with Gasteiger partial charge in [-0.25, -0.2) is 0 Å². The van der Waals surface area contributed by atoms with Crippen molar-refractivity contribution in [1.29, 1.82) is 0 Å². The smallest absolute Gasteiger partial charge is 0.307 e. The molecule has 5 aliphatic heterocycles. The molecule has 24 nitrogen and oxygen atoms in total. The van der Waals surface area contributed by atoms with E-state index in [4.69, 9.17) is 0 Å². The first kappa shape index (κ1) is 44.6. The molecule has 5 saturated heterocycles. The van der Waals surface area contributed by atoms with Crippen LogP contribution in [0.25, 0.3) is 0 Å². The lowest BCUT2D eigenvalue weighted by Crippen LogP contribution is -2.61. The molecule has 8 bridgehead atoms. The van der Waals surface area contributed by atoms with Gasteiger partial charge in [0.15, 0.2) is 0 Å². The Morgan fingerprint density at radius 2 is 0.312 bits per heavy atom. The second kappa shape index (κ2) is 16.7. The number of carboxylic acid groups (broad SMARTS) is 8. The molecule has 4 saturated carbocycles. The van der Waals surface area contributed by atoms with E-state index in [1.54, 1.807) is 0 Å². The molecule has 0 amide bonds. The number of carbonyl (C=O) groups is 8. The lowest BCUT2D eigenvalue weighted by molar-refractivity contribution is -0.158. The van der Waals surface area contributed by atoms with E-state index in [0.717, 1.165) is 0 Å². The molecule has 4 aliphatic carbocycles. The molecule has 9 fully saturated rings. The highest BCUT2D eigenvalue weighted by Gasteiger charge is 2.61. The minimum atomic E-state index is -1.27. The summed E-state index contributed by atoms with van der Waals surface area (Å²) in [7, 11) is 0. The van der Waals surface area contributed by atoms with E-state index < -0.39 is 192 Å². The van der Waals surface area contributed by atoms with Gasteiger partial charge < -0.3 is 40.9 Å². The predicted octanol–water partition coefficient (Wildman–Crippen LogP) is -2.91. The van der Waals surface area contributed by atoms with E-state index in [2.05, 4.69) is 42.5 Å². The van der Waals surface area contributed by atoms with Crippen LogP contribution in [0.1, 0.15) is 51.4 Å². The highest BCUT2D eigenvalue weighted by Crippen LogP contribution is 2.51. The molecule has 16 unspecified atom stereocenters. The second-order valence-corrected chi connectivity index (χ2v) is 19.9. The van der Waals surface area contributed by atoms with Crippen LogP contribution in [0.15, 0.2) is 0 Å². The monoisotopic (exact) mass is 904 g/mol. The van der Waals surface area contributed by atoms with E-state index >= 15 is 0 Å². The summed E-state index contributed by atoms with van der Waals surface area (Å²) in [5.41, 5.74) is 0. The Labute approximate surface area is 364 Å². The summed E-state index contributed by atoms with van der Waals surface area (Å²) in [6.45, 7) is 0. The van der Waals surface area contributed by atoms with Crippen LogP contribution in [-0.4, -0.2) is 138 Å². The molecule has 64 heavy (non-hydrogen) atoms. The zero-order valence-electron chi connectivity index (χ0n) is 34.4. The van der Waals surface area contributed by atoms with Crippen molar-refractivity contribution in [1.82, 2.24) is 42.5 Å². The first-order valence-corrected chi connectivity index (χ1v) is 22.2. The first-order chi connectivity index (χ1) is 30.3. The van der Waals surface area contributed by atoms with Gasteiger partial charge in [0, 0.05) is 0 Å². The predicted molar refractivity (Wildman–Crippen MR) is 209 cm³/mol. The van der Waals surface area contributed by atoms with Gasteiger partial charge in [-0.3, -0.25) is 80.9 Å². The maximum atomic E-state index is 12.6. The Balaban J connectivity index is 1.13. The third kappa shape index (κ3) is 7.57. The van der Waals surface area contributed by atoms with Crippen molar-refractivity contribution >= 4 is 47.8 Å². The summed E-state index contributed by atoms with van der Waals surface area (Å²) in [6, 6.07) is 0. The van der Waals surface area contributed by atoms with Crippen LogP contribution in [-0.2, 0) is 38.4 Å². The van der Waals surface area contributed by atoms with Crippen molar-refractivity contribution in [2.24, 2.45) is 94.7 Å². The fourth-order valence-electron chi connectivity index (χ4n) is 14.2. The highest BCUT2D eigenvalue weighted by molar-refractivity contribution is 5.82. The lowest BCUT2D eigenvalue weighted by atomic mass is 9.66. The maximum Gasteiger partial charge on any atom is 0.307 e. The summed E-state index contributed by atoms with van der Waals surface area (Å²) < 4.78 is 0. The standard InChI is InChI=1S/C40H56N8O16/c49-33(50)17-1-9-10(2-18(17)34(51)52)26-41-25(9)45-27-11-3-19(35(53)54)20(36(55)56)4-12(11)29(42-27)47-31-15-7-23(39(61)62)24(40(63)64)8-16(15)32(44-31)48-30-14-6-22(38(59)60)21(37(57)58)5-13(14)28(43-30)46-26/h9-32,41-48H,1-8H2,(H,49,50)(H,51,52)(H,53,54)(H,55,56)(H,57,58)(H,59,60)(H,61,62)(H,63,64). The molecule has 352 valence electrons. The van der Waals surface area contributed by atoms with Crippen LogP contribution in [0.3, 0.4) is 0 Å². The van der Waals surface area contributed by atoms with E-state index in [0.29, 0.717) is 0 Å². The summed E-state index contributed by atoms with van der Waals surface area (Å²) in [5.74, 6) is -24.1. The van der Waals surface area contributed by atoms with Crippen molar-refractivity contribution in [2.45, 2.75) is 101 Å². The van der Waals surface area contributed by atoms with Crippen molar-refractivity contribution in [3.8, 4) is 0 Å². The molecule has 16 N–H and O–H groups in total. The largest absolute Gasteiger partial charge is 0.481 e. The van der Waals surface area contributed by atoms with Gasteiger partial charge in [0.2, 0.25) is 0 Å². The lowest BCUT2D eigenvalue weighted by Gasteiger charge is -2.41. The van der Waals surface area contributed by atoms with Crippen LogP contribution in [0.5, 0.6) is 0 Å². The van der Waals surface area contributed by atoms with Crippen LogP contribution in [0.4, 0.5) is 0 Å². The van der Waals surface area contributed by atoms with E-state index in [1.807, 2.05) is 0 Å². The van der Waals surface area contributed by atoms with Gasteiger partial charge in [0.1, 0.15) is 0 Å². The molecular formula is C40H56N8O16. The number of nitrogens with one attached hydrogen (secondary N) is 8. The van der Waals surface area contributed by atoms with E-state index in [-0.39, 0.29) is 51.4 Å². The van der Waals surface area contributed by atoms with Crippen LogP contribution < -0.4 is 42.5 Å². The van der Waals surface area contributed by atoms with Gasteiger partial charge in [-0.05, 0) is 98.7 Å². The van der Waals surface area contributed by atoms with Crippen LogP contribution in [0, 0.1) is 94.7 Å². The topological polar surface area (TPSA) is 395 Å². The van der Waals surface area contributed by atoms with E-state index in [9.17, 15) is 79.2 Å². The van der Waals surface area contributed by atoms with Gasteiger partial charge in [0.25, 0.3) is 0 Å². The number of hydrogen-bond donors (Lipinski definition) is 16. The second-order valence-electron chi connectivity index (χ2n) is 19.9. The Hall–Kier alpha value is -4.56. The molecule has 24 heteroatoms. The summed E-state index contributed by atoms with van der Waals surface area (Å²) >= 11 is 0. The Kier molecular flexibility index (Phi) is 11.6. The molecule has 0 radical (unpaired) electrons. The summed E-state index contributed by atoms with van der Waals surface area (Å²) in [5, 5.41) is 111. The van der Waals surface area contributed by atoms with Gasteiger partial charge in [-0.1, -0.05) is 0 Å². The van der Waals surface area contributed by atoms with Gasteiger partial charge in [0.05, 0.1) is 96.7 Å². The van der Waals surface area contributed by atoms with Gasteiger partial charge >= 0.3 is 47.8 Å². The third-order valence-corrected chi connectivity index (χ3v) is 17.2. The van der Waals surface area contributed by atoms with Gasteiger partial charge in [-0.15, -0.1) is 0 Å². The molecule has 5 heterocycles. The number of carboxylic acids is 8. The molecule has 0 aromatic carbocycles. The third-order valence-electron chi connectivity index (χ3n) is 17.2. The minimum absolute atomic E-state index is 0.0460. The van der Waals surface area contributed by atoms with Crippen molar-refractivity contribution < 1.29 is 79.2 Å². The molecule has 16 atom stereocenters. The Morgan fingerprint density at radius 3 is 0.391 bits per heavy atom. The number of rotatable bonds is 8. The number of hydrogen-bond acceptors (Lipinski definition) is 16. The molecular weight excluding hydrogens is 848 g/mol. The maximum absolute atomic E-state index is 12.6. The van der Waals surface area contributed by atoms with Crippen LogP contribution >= 0.6 is 0 Å². The average Bonchev–Trinajstić information content (AvgIpc) is 3.96. The molecule has 9 aliphatic rings. The van der Waals surface area contributed by atoms with Crippen LogP contribution in [0.2, 0.25) is 0 Å². The zero-order chi connectivity index (χ0) is 45.8. The molecule has 0 spiro atoms. The Bertz CT molecular complexity index is 1580. The minimum Gasteiger partial charge on any atom is -0.481 e. The molecule has 0 aromatic rings. The van der Waals surface area contributed by atoms with Gasteiger partial charge in [-0.2, -0.15) is 0 Å². The van der Waals surface area contributed by atoms with Crippen molar-refractivity contribution in [2.75, 3.05) is 0 Å². The molecule has 9 rings (SSSR count). The summed E-state index contributed by atoms with van der Waals surface area (Å²) in [4.78, 5) is 101. The fraction of sp³-hybridized carbons (Fsp3) is 0.800. The number of fused-ring (bicyclic) bond motifs is 20. The summed E-state index contributed by atoms with van der Waals surface area (Å²) in [6.07, 6.45) is -5.99. The molecule has 0 aromatic heterocycles. The zero-order valence-corrected chi connectivity index (χ0v) is 34.4. The first-order valence-electron chi connectivity index (χ1n) is 22.2. The average molecular weight is 905 g/mol. The normalized spacial score (nSPS) is 49.2. The Morgan fingerprint density at radius 1 is 0.219 bits per heavy atom. The SMILES string of the molecule is O=C(O)C1CC2C3NC(NC4NC(NC5NC(NC6NC(N3)C3CC(C(=O)O)C(C(=O)O)CC63)C3CC(C(=O)O)C(C(=O)O)CC53)C3CC(C(=O)O)C(C(=O)O)CC43)C2CC1C(=O)O. The highest BCUT2D eigenvalue weighted by atomic mass is 16.4. The van der Waals surface area contributed by atoms with Crippen molar-refractivity contribution in [3.05, 3.63) is 0 Å². The van der Waals surface area contributed by atoms with E-state index in [1.165, 1.54) is 0 Å². The number of aliphatic carboxylic acids is 8. The van der Waals surface area contributed by atoms with Crippen molar-refractivity contribution in [3.63, 3.8) is 0 Å². The fourth-order valence-corrected chi connectivity index (χ4v) is 14.2. The quantitative estimate of drug-likeness (QED) is 0.116.